The number of amides is 1. The number of ketones is 1. The van der Waals surface area contributed by atoms with Crippen LogP contribution in [0.25, 0.3) is 5.76 Å². The molecular formula is C28H35NO5. The van der Waals surface area contributed by atoms with Crippen LogP contribution in [0.15, 0.2) is 48.0 Å². The van der Waals surface area contributed by atoms with Crippen molar-refractivity contribution in [2.24, 2.45) is 0 Å². The van der Waals surface area contributed by atoms with Crippen LogP contribution < -0.4 is 9.47 Å². The maximum absolute atomic E-state index is 13.2. The summed E-state index contributed by atoms with van der Waals surface area (Å²) < 4.78 is 11.0. The van der Waals surface area contributed by atoms with E-state index >= 15 is 0 Å². The van der Waals surface area contributed by atoms with Crippen LogP contribution in [0.2, 0.25) is 0 Å². The van der Waals surface area contributed by atoms with Gasteiger partial charge in [0.25, 0.3) is 11.7 Å². The number of aliphatic hydroxyl groups excluding tert-OH is 1. The lowest BCUT2D eigenvalue weighted by atomic mass is 9.93. The van der Waals surface area contributed by atoms with E-state index in [-0.39, 0.29) is 17.3 Å². The van der Waals surface area contributed by atoms with Gasteiger partial charge in [0.05, 0.1) is 25.3 Å². The van der Waals surface area contributed by atoms with Gasteiger partial charge in [-0.15, -0.1) is 0 Å². The largest absolute Gasteiger partial charge is 0.507 e. The number of hydrogen-bond acceptors (Lipinski definition) is 5. The second kappa shape index (κ2) is 11.2. The van der Waals surface area contributed by atoms with E-state index in [1.807, 2.05) is 51.1 Å². The zero-order valence-corrected chi connectivity index (χ0v) is 20.8. The highest BCUT2D eigenvalue weighted by Gasteiger charge is 2.45. The SMILES string of the molecule is CCCCCN1C(=O)C(=O)/C(=C(\O)c2ccc(OC)c(C(C)C)c2)C1c1ccc(OCC)cc1. The molecule has 0 bridgehead atoms. The Hall–Kier alpha value is -3.28. The molecule has 0 aliphatic carbocycles. The third-order valence-electron chi connectivity index (χ3n) is 6.17. The van der Waals surface area contributed by atoms with Crippen molar-refractivity contribution in [3.05, 3.63) is 64.7 Å². The van der Waals surface area contributed by atoms with Gasteiger partial charge < -0.3 is 19.5 Å². The molecule has 0 spiro atoms. The van der Waals surface area contributed by atoms with E-state index < -0.39 is 17.7 Å². The van der Waals surface area contributed by atoms with Gasteiger partial charge in [-0.25, -0.2) is 0 Å². The van der Waals surface area contributed by atoms with Crippen molar-refractivity contribution in [2.75, 3.05) is 20.3 Å². The molecule has 0 saturated carbocycles. The van der Waals surface area contributed by atoms with E-state index in [0.717, 1.165) is 36.1 Å². The molecule has 1 aliphatic heterocycles. The summed E-state index contributed by atoms with van der Waals surface area (Å²) in [4.78, 5) is 27.9. The van der Waals surface area contributed by atoms with Gasteiger partial charge >= 0.3 is 0 Å². The third-order valence-corrected chi connectivity index (χ3v) is 6.17. The number of rotatable bonds is 10. The molecule has 1 N–H and O–H groups in total. The Morgan fingerprint density at radius 2 is 1.76 bits per heavy atom. The molecule has 1 amide bonds. The fourth-order valence-corrected chi connectivity index (χ4v) is 4.39. The van der Waals surface area contributed by atoms with Crippen molar-refractivity contribution in [1.29, 1.82) is 0 Å². The van der Waals surface area contributed by atoms with Crippen molar-refractivity contribution in [2.45, 2.75) is 58.9 Å². The number of hydrogen-bond donors (Lipinski definition) is 1. The number of ether oxygens (including phenoxy) is 2. The molecule has 1 saturated heterocycles. The van der Waals surface area contributed by atoms with Crippen molar-refractivity contribution in [3.8, 4) is 11.5 Å². The number of aliphatic hydroxyl groups is 1. The Balaban J connectivity index is 2.13. The number of benzene rings is 2. The van der Waals surface area contributed by atoms with Gasteiger partial charge in [0.1, 0.15) is 17.3 Å². The lowest BCUT2D eigenvalue weighted by molar-refractivity contribution is -0.139. The Morgan fingerprint density at radius 3 is 2.35 bits per heavy atom. The van der Waals surface area contributed by atoms with Gasteiger partial charge in [-0.05, 0) is 60.7 Å². The third kappa shape index (κ3) is 5.11. The number of Topliss-reactive ketones (excluding diaryl/α,β-unsaturated/α-hetero) is 1. The molecule has 1 unspecified atom stereocenters. The monoisotopic (exact) mass is 465 g/mol. The van der Waals surface area contributed by atoms with Crippen LogP contribution in [-0.4, -0.2) is 42.0 Å². The normalized spacial score (nSPS) is 17.5. The van der Waals surface area contributed by atoms with Crippen LogP contribution >= 0.6 is 0 Å². The first-order valence-electron chi connectivity index (χ1n) is 12.0. The quantitative estimate of drug-likeness (QED) is 0.207. The summed E-state index contributed by atoms with van der Waals surface area (Å²) in [7, 11) is 1.61. The lowest BCUT2D eigenvalue weighted by Gasteiger charge is -2.25. The fourth-order valence-electron chi connectivity index (χ4n) is 4.39. The number of unbranched alkanes of at least 4 members (excludes halogenated alkanes) is 2. The van der Waals surface area contributed by atoms with Crippen LogP contribution in [0.1, 0.15) is 75.6 Å². The Bertz CT molecular complexity index is 1050. The molecule has 3 rings (SSSR count). The van der Waals surface area contributed by atoms with Gasteiger partial charge in [0, 0.05) is 12.1 Å². The average molecular weight is 466 g/mol. The minimum Gasteiger partial charge on any atom is -0.507 e. The first-order chi connectivity index (χ1) is 16.3. The highest BCUT2D eigenvalue weighted by Crippen LogP contribution is 2.41. The number of carbonyl (C=O) groups excluding carboxylic acids is 2. The first kappa shape index (κ1) is 25.3. The standard InChI is InChI=1S/C28H35NO5/c1-6-8-9-16-29-25(19-10-13-21(14-11-19)34-7-2)24(27(31)28(29)32)26(30)20-12-15-23(33-5)22(17-20)18(3)4/h10-15,17-18,25,30H,6-9,16H2,1-5H3/b26-24-. The molecule has 34 heavy (non-hydrogen) atoms. The van der Waals surface area contributed by atoms with Crippen molar-refractivity contribution in [3.63, 3.8) is 0 Å². The zero-order chi connectivity index (χ0) is 24.8. The Morgan fingerprint density at radius 1 is 1.06 bits per heavy atom. The summed E-state index contributed by atoms with van der Waals surface area (Å²) in [6, 6.07) is 12.1. The predicted octanol–water partition coefficient (Wildman–Crippen LogP) is 5.83. The molecule has 2 aromatic carbocycles. The average Bonchev–Trinajstić information content (AvgIpc) is 3.09. The van der Waals surface area contributed by atoms with Crippen LogP contribution in [0, 0.1) is 0 Å². The zero-order valence-electron chi connectivity index (χ0n) is 20.8. The van der Waals surface area contributed by atoms with Gasteiger partial charge in [0.15, 0.2) is 0 Å². The number of likely N-dealkylation sites (tertiary alicyclic amines) is 1. The molecule has 2 aromatic rings. The summed E-state index contributed by atoms with van der Waals surface area (Å²) in [5.41, 5.74) is 2.29. The number of nitrogens with zero attached hydrogens (tertiary/aromatic N) is 1. The molecule has 1 heterocycles. The molecule has 1 atom stereocenters. The molecule has 182 valence electrons. The molecule has 1 aliphatic rings. The minimum atomic E-state index is -0.658. The summed E-state index contributed by atoms with van der Waals surface area (Å²) in [5, 5.41) is 11.4. The highest BCUT2D eigenvalue weighted by atomic mass is 16.5. The van der Waals surface area contributed by atoms with Gasteiger partial charge in [-0.3, -0.25) is 9.59 Å². The number of methoxy groups -OCH3 is 1. The molecule has 6 heteroatoms. The van der Waals surface area contributed by atoms with Crippen LogP contribution in [-0.2, 0) is 9.59 Å². The summed E-state index contributed by atoms with van der Waals surface area (Å²) in [6.45, 7) is 9.07. The van der Waals surface area contributed by atoms with Crippen LogP contribution in [0.5, 0.6) is 11.5 Å². The smallest absolute Gasteiger partial charge is 0.295 e. The molecule has 6 nitrogen and oxygen atoms in total. The van der Waals surface area contributed by atoms with E-state index in [9.17, 15) is 14.7 Å². The van der Waals surface area contributed by atoms with Crippen molar-refractivity contribution in [1.82, 2.24) is 4.90 Å². The van der Waals surface area contributed by atoms with Crippen LogP contribution in [0.4, 0.5) is 0 Å². The van der Waals surface area contributed by atoms with Crippen LogP contribution in [0.3, 0.4) is 0 Å². The maximum atomic E-state index is 13.2. The minimum absolute atomic E-state index is 0.116. The topological polar surface area (TPSA) is 76.1 Å². The van der Waals surface area contributed by atoms with E-state index in [2.05, 4.69) is 6.92 Å². The first-order valence-corrected chi connectivity index (χ1v) is 12.0. The highest BCUT2D eigenvalue weighted by molar-refractivity contribution is 6.46. The second-order valence-corrected chi connectivity index (χ2v) is 8.81. The Kier molecular flexibility index (Phi) is 8.37. The summed E-state index contributed by atoms with van der Waals surface area (Å²) in [6.07, 6.45) is 2.74. The van der Waals surface area contributed by atoms with E-state index in [1.54, 1.807) is 24.1 Å². The Labute approximate surface area is 202 Å². The van der Waals surface area contributed by atoms with Gasteiger partial charge in [-0.1, -0.05) is 45.7 Å². The predicted molar refractivity (Wildman–Crippen MR) is 133 cm³/mol. The molecule has 1 fully saturated rings. The lowest BCUT2D eigenvalue weighted by Crippen LogP contribution is -2.30. The van der Waals surface area contributed by atoms with Gasteiger partial charge in [-0.2, -0.15) is 0 Å². The fraction of sp³-hybridized carbons (Fsp3) is 0.429. The van der Waals surface area contributed by atoms with Crippen molar-refractivity contribution >= 4 is 17.4 Å². The molecule has 0 radical (unpaired) electrons. The summed E-state index contributed by atoms with van der Waals surface area (Å²) >= 11 is 0. The van der Waals surface area contributed by atoms with Gasteiger partial charge in [0.2, 0.25) is 0 Å². The molecule has 0 aromatic heterocycles. The van der Waals surface area contributed by atoms with E-state index in [0.29, 0.717) is 24.5 Å². The van der Waals surface area contributed by atoms with E-state index in [4.69, 9.17) is 9.47 Å². The van der Waals surface area contributed by atoms with E-state index in [1.165, 1.54) is 0 Å². The summed E-state index contributed by atoms with van der Waals surface area (Å²) in [5.74, 6) is 0.185. The van der Waals surface area contributed by atoms with Crippen molar-refractivity contribution < 1.29 is 24.2 Å². The maximum Gasteiger partial charge on any atom is 0.295 e. The molecular weight excluding hydrogens is 430 g/mol. The number of carbonyl (C=O) groups is 2. The second-order valence-electron chi connectivity index (χ2n) is 8.81.